The first-order valence-corrected chi connectivity index (χ1v) is 9.99. The number of amides is 2. The lowest BCUT2D eigenvalue weighted by atomic mass is 10.0. The van der Waals surface area contributed by atoms with Crippen LogP contribution in [-0.4, -0.2) is 18.6 Å². The van der Waals surface area contributed by atoms with Gasteiger partial charge in [-0.25, -0.2) is 9.59 Å². The third kappa shape index (κ3) is 4.84. The second kappa shape index (κ2) is 9.10. The van der Waals surface area contributed by atoms with Crippen LogP contribution in [0.2, 0.25) is 10.0 Å². The summed E-state index contributed by atoms with van der Waals surface area (Å²) < 4.78 is 5.18. The van der Waals surface area contributed by atoms with Crippen LogP contribution >= 0.6 is 34.5 Å². The zero-order valence-corrected chi connectivity index (χ0v) is 17.1. The van der Waals surface area contributed by atoms with Crippen LogP contribution in [-0.2, 0) is 4.74 Å². The number of carbonyl (C=O) groups excluding carboxylic acids is 2. The van der Waals surface area contributed by atoms with E-state index in [1.54, 1.807) is 48.7 Å². The zero-order valence-electron chi connectivity index (χ0n) is 14.8. The number of ether oxygens (including phenoxy) is 1. The standard InChI is InChI=1S/C20H16Cl2N2O3S/c1-2-27-19(25)17-16(12-6-8-13(21)9-7-12)11-28-18(17)24-20(26)23-15-5-3-4-14(22)10-15/h3-11H,2H2,1H3,(H2,23,24,26). The van der Waals surface area contributed by atoms with Gasteiger partial charge in [0.15, 0.2) is 0 Å². The summed E-state index contributed by atoms with van der Waals surface area (Å²) in [6.07, 6.45) is 0. The van der Waals surface area contributed by atoms with Crippen molar-refractivity contribution < 1.29 is 14.3 Å². The Kier molecular flexibility index (Phi) is 6.57. The smallest absolute Gasteiger partial charge is 0.341 e. The van der Waals surface area contributed by atoms with Gasteiger partial charge in [0.1, 0.15) is 10.6 Å². The van der Waals surface area contributed by atoms with Gasteiger partial charge in [0, 0.05) is 26.7 Å². The van der Waals surface area contributed by atoms with Crippen LogP contribution in [0.3, 0.4) is 0 Å². The Morgan fingerprint density at radius 3 is 2.46 bits per heavy atom. The molecule has 5 nitrogen and oxygen atoms in total. The van der Waals surface area contributed by atoms with Gasteiger partial charge in [-0.05, 0) is 42.8 Å². The number of hydrogen-bond donors (Lipinski definition) is 2. The summed E-state index contributed by atoms with van der Waals surface area (Å²) >= 11 is 13.1. The van der Waals surface area contributed by atoms with E-state index in [4.69, 9.17) is 27.9 Å². The Labute approximate surface area is 176 Å². The zero-order chi connectivity index (χ0) is 20.1. The van der Waals surface area contributed by atoms with Gasteiger partial charge in [0.2, 0.25) is 0 Å². The first-order chi connectivity index (χ1) is 13.5. The molecule has 0 aliphatic heterocycles. The van der Waals surface area contributed by atoms with Crippen molar-refractivity contribution >= 4 is 57.2 Å². The number of nitrogens with one attached hydrogen (secondary N) is 2. The molecule has 2 amide bonds. The average molecular weight is 435 g/mol. The fourth-order valence-electron chi connectivity index (χ4n) is 2.53. The van der Waals surface area contributed by atoms with Gasteiger partial charge in [-0.3, -0.25) is 5.32 Å². The molecule has 2 aromatic carbocycles. The Morgan fingerprint density at radius 2 is 1.79 bits per heavy atom. The highest BCUT2D eigenvalue weighted by atomic mass is 35.5. The molecular weight excluding hydrogens is 419 g/mol. The highest BCUT2D eigenvalue weighted by Crippen LogP contribution is 2.36. The molecule has 0 fully saturated rings. The van der Waals surface area contributed by atoms with Crippen LogP contribution in [0.4, 0.5) is 15.5 Å². The van der Waals surface area contributed by atoms with Crippen molar-refractivity contribution in [2.24, 2.45) is 0 Å². The van der Waals surface area contributed by atoms with Gasteiger partial charge in [-0.1, -0.05) is 41.4 Å². The van der Waals surface area contributed by atoms with Gasteiger partial charge in [0.25, 0.3) is 0 Å². The molecule has 0 aliphatic carbocycles. The minimum Gasteiger partial charge on any atom is -0.462 e. The number of hydrogen-bond acceptors (Lipinski definition) is 4. The lowest BCUT2D eigenvalue weighted by Crippen LogP contribution is -2.20. The summed E-state index contributed by atoms with van der Waals surface area (Å²) in [4.78, 5) is 24.9. The molecule has 144 valence electrons. The molecule has 1 aromatic heterocycles. The van der Waals surface area contributed by atoms with Crippen LogP contribution < -0.4 is 10.6 Å². The number of esters is 1. The molecule has 0 radical (unpaired) electrons. The second-order valence-corrected chi connectivity index (χ2v) is 7.42. The molecule has 3 aromatic rings. The van der Waals surface area contributed by atoms with Gasteiger partial charge in [0.05, 0.1) is 6.61 Å². The SMILES string of the molecule is CCOC(=O)c1c(-c2ccc(Cl)cc2)csc1NC(=O)Nc1cccc(Cl)c1. The molecule has 0 spiro atoms. The minimum absolute atomic E-state index is 0.225. The van der Waals surface area contributed by atoms with E-state index >= 15 is 0 Å². The molecule has 0 saturated carbocycles. The summed E-state index contributed by atoms with van der Waals surface area (Å²) in [6.45, 7) is 1.95. The number of halogens is 2. The van der Waals surface area contributed by atoms with Gasteiger partial charge in [-0.2, -0.15) is 0 Å². The van der Waals surface area contributed by atoms with Gasteiger partial charge < -0.3 is 10.1 Å². The van der Waals surface area contributed by atoms with E-state index in [-0.39, 0.29) is 6.61 Å². The number of benzene rings is 2. The lowest BCUT2D eigenvalue weighted by molar-refractivity contribution is 0.0529. The number of urea groups is 1. The minimum atomic E-state index is -0.508. The van der Waals surface area contributed by atoms with Crippen molar-refractivity contribution in [3.63, 3.8) is 0 Å². The third-order valence-electron chi connectivity index (χ3n) is 3.74. The first-order valence-electron chi connectivity index (χ1n) is 8.36. The topological polar surface area (TPSA) is 67.4 Å². The molecular formula is C20H16Cl2N2O3S. The van der Waals surface area contributed by atoms with Crippen LogP contribution in [0.5, 0.6) is 0 Å². The molecule has 1 heterocycles. The van der Waals surface area contributed by atoms with Gasteiger partial charge >= 0.3 is 12.0 Å². The highest BCUT2D eigenvalue weighted by Gasteiger charge is 2.22. The van der Waals surface area contributed by atoms with E-state index < -0.39 is 12.0 Å². The predicted molar refractivity (Wildman–Crippen MR) is 115 cm³/mol. The van der Waals surface area contributed by atoms with Crippen LogP contribution in [0, 0.1) is 0 Å². The fraction of sp³-hybridized carbons (Fsp3) is 0.100. The van der Waals surface area contributed by atoms with Crippen LogP contribution in [0.15, 0.2) is 53.9 Å². The third-order valence-corrected chi connectivity index (χ3v) is 5.12. The molecule has 28 heavy (non-hydrogen) atoms. The number of anilines is 2. The summed E-state index contributed by atoms with van der Waals surface area (Å²) in [7, 11) is 0. The number of rotatable bonds is 5. The van der Waals surface area contributed by atoms with Crippen molar-refractivity contribution in [3.05, 3.63) is 69.5 Å². The normalized spacial score (nSPS) is 10.4. The molecule has 0 atom stereocenters. The molecule has 0 saturated heterocycles. The van der Waals surface area contributed by atoms with Crippen molar-refractivity contribution in [2.45, 2.75) is 6.92 Å². The van der Waals surface area contributed by atoms with E-state index in [0.717, 1.165) is 5.56 Å². The van der Waals surface area contributed by atoms with E-state index in [1.807, 2.05) is 12.1 Å². The molecule has 0 bridgehead atoms. The monoisotopic (exact) mass is 434 g/mol. The van der Waals surface area contributed by atoms with E-state index in [9.17, 15) is 9.59 Å². The van der Waals surface area contributed by atoms with Gasteiger partial charge in [-0.15, -0.1) is 11.3 Å². The molecule has 2 N–H and O–H groups in total. The van der Waals surface area contributed by atoms with Crippen LogP contribution in [0.25, 0.3) is 11.1 Å². The summed E-state index contributed by atoms with van der Waals surface area (Å²) in [5, 5.41) is 8.69. The van der Waals surface area contributed by atoms with Crippen LogP contribution in [0.1, 0.15) is 17.3 Å². The lowest BCUT2D eigenvalue weighted by Gasteiger charge is -2.10. The summed E-state index contributed by atoms with van der Waals surface area (Å²) in [5.74, 6) is -0.508. The predicted octanol–water partition coefficient (Wildman–Crippen LogP) is 6.54. The summed E-state index contributed by atoms with van der Waals surface area (Å²) in [5.41, 5.74) is 2.30. The van der Waals surface area contributed by atoms with Crippen molar-refractivity contribution in [3.8, 4) is 11.1 Å². The van der Waals surface area contributed by atoms with Crippen molar-refractivity contribution in [1.82, 2.24) is 0 Å². The Hall–Kier alpha value is -2.54. The Morgan fingerprint density at radius 1 is 1.04 bits per heavy atom. The Bertz CT molecular complexity index is 1000. The highest BCUT2D eigenvalue weighted by molar-refractivity contribution is 7.15. The largest absolute Gasteiger partial charge is 0.462 e. The maximum Gasteiger partial charge on any atom is 0.341 e. The molecule has 3 rings (SSSR count). The van der Waals surface area contributed by atoms with Crippen molar-refractivity contribution in [1.29, 1.82) is 0 Å². The number of thiophene rings is 1. The summed E-state index contributed by atoms with van der Waals surface area (Å²) in [6, 6.07) is 13.4. The second-order valence-electron chi connectivity index (χ2n) is 5.67. The quantitative estimate of drug-likeness (QED) is 0.447. The van der Waals surface area contributed by atoms with E-state index in [2.05, 4.69) is 10.6 Å². The number of carbonyl (C=O) groups is 2. The van der Waals surface area contributed by atoms with Crippen molar-refractivity contribution in [2.75, 3.05) is 17.2 Å². The first kappa shape index (κ1) is 20.2. The maximum atomic E-state index is 12.5. The maximum absolute atomic E-state index is 12.5. The van der Waals surface area contributed by atoms with E-state index in [1.165, 1.54) is 11.3 Å². The molecule has 0 aliphatic rings. The Balaban J connectivity index is 1.88. The molecule has 0 unspecified atom stereocenters. The molecule has 8 heteroatoms. The fourth-order valence-corrected chi connectivity index (χ4v) is 3.80. The van der Waals surface area contributed by atoms with E-state index in [0.29, 0.717) is 31.9 Å². The average Bonchev–Trinajstić information content (AvgIpc) is 3.06.